The molecule has 5 nitrogen and oxygen atoms in total. The van der Waals surface area contributed by atoms with Gasteiger partial charge in [-0.2, -0.15) is 0 Å². The van der Waals surface area contributed by atoms with Crippen molar-refractivity contribution in [2.45, 2.75) is 58.2 Å². The third-order valence-corrected chi connectivity index (χ3v) is 4.69. The summed E-state index contributed by atoms with van der Waals surface area (Å²) in [5.41, 5.74) is 8.18. The van der Waals surface area contributed by atoms with Gasteiger partial charge in [-0.05, 0) is 63.3 Å². The molecule has 1 aliphatic carbocycles. The molecule has 1 fully saturated rings. The predicted octanol–water partition coefficient (Wildman–Crippen LogP) is 3.90. The van der Waals surface area contributed by atoms with Gasteiger partial charge in [0.2, 0.25) is 0 Å². The molecular weight excluding hydrogens is 352 g/mol. The van der Waals surface area contributed by atoms with Crippen LogP contribution >= 0.6 is 12.4 Å². The Hall–Kier alpha value is -1.98. The number of amides is 1. The fraction of sp³-hybridized carbons (Fsp3) is 0.450. The van der Waals surface area contributed by atoms with Crippen LogP contribution in [0.4, 0.5) is 0 Å². The number of hydrogen-bond acceptors (Lipinski definition) is 4. The molecule has 3 N–H and O–H groups in total. The topological polar surface area (TPSA) is 77.5 Å². The molecule has 0 spiro atoms. The summed E-state index contributed by atoms with van der Waals surface area (Å²) in [5.74, 6) is 1.62. The molecule has 0 atom stereocenters. The lowest BCUT2D eigenvalue weighted by Gasteiger charge is -2.26. The molecule has 142 valence electrons. The van der Waals surface area contributed by atoms with Crippen molar-refractivity contribution in [3.05, 3.63) is 53.0 Å². The maximum Gasteiger partial charge on any atom is 0.287 e. The Kier molecular flexibility index (Phi) is 7.12. The van der Waals surface area contributed by atoms with Gasteiger partial charge in [0.1, 0.15) is 18.1 Å². The number of nitrogens with one attached hydrogen (secondary N) is 1. The van der Waals surface area contributed by atoms with E-state index in [1.165, 1.54) is 5.56 Å². The Labute approximate surface area is 160 Å². The molecule has 1 aromatic heterocycles. The van der Waals surface area contributed by atoms with E-state index in [4.69, 9.17) is 14.9 Å². The first-order valence-electron chi connectivity index (χ1n) is 8.86. The lowest BCUT2D eigenvalue weighted by atomic mass is 9.92. The van der Waals surface area contributed by atoms with Gasteiger partial charge in [0.15, 0.2) is 5.76 Å². The van der Waals surface area contributed by atoms with Gasteiger partial charge in [0, 0.05) is 12.1 Å². The quantitative estimate of drug-likeness (QED) is 0.827. The first kappa shape index (κ1) is 20.3. The van der Waals surface area contributed by atoms with Crippen LogP contribution < -0.4 is 15.8 Å². The molecule has 6 heteroatoms. The smallest absolute Gasteiger partial charge is 0.287 e. The molecule has 0 radical (unpaired) electrons. The number of benzene rings is 1. The van der Waals surface area contributed by atoms with Gasteiger partial charge in [-0.1, -0.05) is 17.7 Å². The number of aryl methyl sites for hydroxylation is 2. The van der Waals surface area contributed by atoms with Crippen molar-refractivity contribution in [3.8, 4) is 5.75 Å². The van der Waals surface area contributed by atoms with Crippen LogP contribution in [0, 0.1) is 13.8 Å². The van der Waals surface area contributed by atoms with Crippen LogP contribution in [-0.2, 0) is 6.61 Å². The summed E-state index contributed by atoms with van der Waals surface area (Å²) in [7, 11) is 0. The number of ether oxygens (including phenoxy) is 1. The third-order valence-electron chi connectivity index (χ3n) is 4.69. The first-order valence-corrected chi connectivity index (χ1v) is 8.86. The van der Waals surface area contributed by atoms with Crippen LogP contribution in [0.1, 0.15) is 53.1 Å². The van der Waals surface area contributed by atoms with E-state index in [0.717, 1.165) is 37.0 Å². The van der Waals surface area contributed by atoms with Crippen LogP contribution in [0.2, 0.25) is 0 Å². The summed E-state index contributed by atoms with van der Waals surface area (Å²) < 4.78 is 11.4. The van der Waals surface area contributed by atoms with Gasteiger partial charge < -0.3 is 20.2 Å². The SMILES string of the molecule is Cc1ccc(OCc2ccc(C(=O)NC3CCC(N)CC3)o2)c(C)c1.Cl. The zero-order valence-electron chi connectivity index (χ0n) is 15.3. The van der Waals surface area contributed by atoms with Crippen LogP contribution in [0.25, 0.3) is 0 Å². The zero-order chi connectivity index (χ0) is 17.8. The van der Waals surface area contributed by atoms with E-state index >= 15 is 0 Å². The predicted molar refractivity (Wildman–Crippen MR) is 104 cm³/mol. The molecule has 0 unspecified atom stereocenters. The summed E-state index contributed by atoms with van der Waals surface area (Å²) in [6.45, 7) is 4.36. The molecule has 2 aromatic rings. The van der Waals surface area contributed by atoms with E-state index in [1.54, 1.807) is 12.1 Å². The maximum absolute atomic E-state index is 12.3. The Morgan fingerprint density at radius 2 is 1.92 bits per heavy atom. The minimum Gasteiger partial charge on any atom is -0.485 e. The first-order chi connectivity index (χ1) is 12.0. The number of hydrogen-bond donors (Lipinski definition) is 2. The molecule has 26 heavy (non-hydrogen) atoms. The highest BCUT2D eigenvalue weighted by Crippen LogP contribution is 2.21. The highest BCUT2D eigenvalue weighted by atomic mass is 35.5. The average molecular weight is 379 g/mol. The summed E-state index contributed by atoms with van der Waals surface area (Å²) in [4.78, 5) is 12.3. The van der Waals surface area contributed by atoms with Crippen molar-refractivity contribution in [3.63, 3.8) is 0 Å². The highest BCUT2D eigenvalue weighted by Gasteiger charge is 2.21. The molecule has 1 aliphatic rings. The Morgan fingerprint density at radius 3 is 2.62 bits per heavy atom. The number of halogens is 1. The summed E-state index contributed by atoms with van der Waals surface area (Å²) in [5, 5.41) is 3.03. The van der Waals surface area contributed by atoms with Gasteiger partial charge in [0.25, 0.3) is 5.91 Å². The fourth-order valence-electron chi connectivity index (χ4n) is 3.21. The minimum atomic E-state index is -0.168. The summed E-state index contributed by atoms with van der Waals surface area (Å²) >= 11 is 0. The molecule has 1 aromatic carbocycles. The third kappa shape index (κ3) is 5.26. The van der Waals surface area contributed by atoms with Gasteiger partial charge in [-0.25, -0.2) is 0 Å². The second-order valence-electron chi connectivity index (χ2n) is 6.91. The van der Waals surface area contributed by atoms with Crippen molar-refractivity contribution in [2.24, 2.45) is 5.73 Å². The molecule has 1 heterocycles. The number of furan rings is 1. The molecule has 3 rings (SSSR count). The van der Waals surface area contributed by atoms with Gasteiger partial charge >= 0.3 is 0 Å². The lowest BCUT2D eigenvalue weighted by Crippen LogP contribution is -2.40. The van der Waals surface area contributed by atoms with E-state index in [2.05, 4.69) is 11.4 Å². The van der Waals surface area contributed by atoms with Crippen LogP contribution in [-0.4, -0.2) is 18.0 Å². The Bertz CT molecular complexity index is 736. The van der Waals surface area contributed by atoms with Gasteiger partial charge in [-0.3, -0.25) is 4.79 Å². The summed E-state index contributed by atoms with van der Waals surface area (Å²) in [6.07, 6.45) is 3.77. The van der Waals surface area contributed by atoms with Crippen molar-refractivity contribution >= 4 is 18.3 Å². The number of rotatable bonds is 5. The zero-order valence-corrected chi connectivity index (χ0v) is 16.1. The van der Waals surface area contributed by atoms with Crippen LogP contribution in [0.3, 0.4) is 0 Å². The summed E-state index contributed by atoms with van der Waals surface area (Å²) in [6, 6.07) is 9.98. The minimum absolute atomic E-state index is 0. The van der Waals surface area contributed by atoms with Crippen LogP contribution in [0.5, 0.6) is 5.75 Å². The second-order valence-corrected chi connectivity index (χ2v) is 6.91. The maximum atomic E-state index is 12.3. The van der Waals surface area contributed by atoms with E-state index in [-0.39, 0.29) is 30.4 Å². The van der Waals surface area contributed by atoms with Crippen molar-refractivity contribution < 1.29 is 13.9 Å². The monoisotopic (exact) mass is 378 g/mol. The number of carbonyl (C=O) groups excluding carboxylic acids is 1. The van der Waals surface area contributed by atoms with E-state index < -0.39 is 0 Å². The Morgan fingerprint density at radius 1 is 1.19 bits per heavy atom. The van der Waals surface area contributed by atoms with Crippen molar-refractivity contribution in [1.29, 1.82) is 0 Å². The standard InChI is InChI=1S/C20H26N2O3.ClH/c1-13-3-9-18(14(2)11-13)24-12-17-8-10-19(25-17)20(23)22-16-6-4-15(21)5-7-16;/h3,8-11,15-16H,4-7,12,21H2,1-2H3,(H,22,23);1H. The van der Waals surface area contributed by atoms with Gasteiger partial charge in [0.05, 0.1) is 0 Å². The number of nitrogens with two attached hydrogens (primary N) is 1. The van der Waals surface area contributed by atoms with Crippen molar-refractivity contribution in [1.82, 2.24) is 5.32 Å². The average Bonchev–Trinajstić information content (AvgIpc) is 3.05. The van der Waals surface area contributed by atoms with E-state index in [1.807, 2.05) is 26.0 Å². The van der Waals surface area contributed by atoms with E-state index in [0.29, 0.717) is 18.1 Å². The number of carbonyl (C=O) groups is 1. The molecule has 0 aliphatic heterocycles. The molecule has 0 saturated heterocycles. The fourth-order valence-corrected chi connectivity index (χ4v) is 3.21. The van der Waals surface area contributed by atoms with Crippen molar-refractivity contribution in [2.75, 3.05) is 0 Å². The van der Waals surface area contributed by atoms with E-state index in [9.17, 15) is 4.79 Å². The molecule has 1 saturated carbocycles. The molecule has 1 amide bonds. The highest BCUT2D eigenvalue weighted by molar-refractivity contribution is 5.91. The largest absolute Gasteiger partial charge is 0.485 e. The van der Waals surface area contributed by atoms with Gasteiger partial charge in [-0.15, -0.1) is 12.4 Å². The molecular formula is C20H27ClN2O3. The Balaban J connectivity index is 0.00000243. The van der Waals surface area contributed by atoms with Crippen LogP contribution in [0.15, 0.2) is 34.7 Å². The second kappa shape index (κ2) is 9.10. The lowest BCUT2D eigenvalue weighted by molar-refractivity contribution is 0.0893. The molecule has 0 bridgehead atoms. The normalized spacial score (nSPS) is 19.5.